The molecule has 0 aliphatic rings. The average molecular weight is 277 g/mol. The van der Waals surface area contributed by atoms with Gasteiger partial charge in [0.2, 0.25) is 0 Å². The third kappa shape index (κ3) is 4.55. The summed E-state index contributed by atoms with van der Waals surface area (Å²) in [6.07, 6.45) is 0. The smallest absolute Gasteiger partial charge is 0.0701 e. The van der Waals surface area contributed by atoms with Crippen molar-refractivity contribution in [3.05, 3.63) is 20.8 Å². The van der Waals surface area contributed by atoms with Crippen molar-refractivity contribution >= 4 is 27.3 Å². The van der Waals surface area contributed by atoms with Crippen molar-refractivity contribution in [2.45, 2.75) is 6.54 Å². The second kappa shape index (κ2) is 5.85. The lowest BCUT2D eigenvalue weighted by atomic mass is 10.4. The van der Waals surface area contributed by atoms with Gasteiger partial charge in [-0.1, -0.05) is 0 Å². The van der Waals surface area contributed by atoms with E-state index in [2.05, 4.69) is 59.0 Å². The Labute approximate surface area is 98.6 Å². The third-order valence-electron chi connectivity index (χ3n) is 1.98. The van der Waals surface area contributed by atoms with Gasteiger partial charge in [-0.15, -0.1) is 11.3 Å². The SMILES string of the molecule is CN(C)CCN(C)Cc1ccc(Br)s1. The van der Waals surface area contributed by atoms with Crippen LogP contribution in [-0.4, -0.2) is 44.0 Å². The minimum Gasteiger partial charge on any atom is -0.308 e. The second-order valence-corrected chi connectivity index (χ2v) is 6.29. The van der Waals surface area contributed by atoms with Crippen LogP contribution in [0.4, 0.5) is 0 Å². The summed E-state index contributed by atoms with van der Waals surface area (Å²) in [7, 11) is 6.38. The molecular formula is C10H17BrN2S. The molecule has 14 heavy (non-hydrogen) atoms. The van der Waals surface area contributed by atoms with Gasteiger partial charge >= 0.3 is 0 Å². The normalized spacial score (nSPS) is 11.6. The largest absolute Gasteiger partial charge is 0.308 e. The fourth-order valence-electron chi connectivity index (χ4n) is 1.15. The lowest BCUT2D eigenvalue weighted by Crippen LogP contribution is -2.27. The number of halogens is 1. The molecule has 1 aromatic heterocycles. The summed E-state index contributed by atoms with van der Waals surface area (Å²) in [6, 6.07) is 4.29. The highest BCUT2D eigenvalue weighted by molar-refractivity contribution is 9.11. The molecule has 0 saturated heterocycles. The molecule has 0 bridgehead atoms. The van der Waals surface area contributed by atoms with Crippen molar-refractivity contribution < 1.29 is 0 Å². The Kier molecular flexibility index (Phi) is 5.09. The molecule has 0 saturated carbocycles. The number of rotatable bonds is 5. The van der Waals surface area contributed by atoms with E-state index in [1.165, 1.54) is 8.66 Å². The molecule has 0 N–H and O–H groups in total. The van der Waals surface area contributed by atoms with Crippen LogP contribution in [0.1, 0.15) is 4.88 Å². The summed E-state index contributed by atoms with van der Waals surface area (Å²) in [5, 5.41) is 0. The summed E-state index contributed by atoms with van der Waals surface area (Å²) in [6.45, 7) is 3.27. The van der Waals surface area contributed by atoms with Crippen molar-refractivity contribution in [1.29, 1.82) is 0 Å². The monoisotopic (exact) mass is 276 g/mol. The molecule has 4 heteroatoms. The van der Waals surface area contributed by atoms with E-state index in [-0.39, 0.29) is 0 Å². The van der Waals surface area contributed by atoms with Crippen molar-refractivity contribution in [1.82, 2.24) is 9.80 Å². The number of likely N-dealkylation sites (N-methyl/N-ethyl adjacent to an activating group) is 2. The maximum absolute atomic E-state index is 3.48. The molecule has 1 aromatic rings. The van der Waals surface area contributed by atoms with Crippen LogP contribution in [0.15, 0.2) is 15.9 Å². The van der Waals surface area contributed by atoms with Crippen LogP contribution in [0.3, 0.4) is 0 Å². The topological polar surface area (TPSA) is 6.48 Å². The summed E-state index contributed by atoms with van der Waals surface area (Å²) in [5.74, 6) is 0. The maximum atomic E-state index is 3.48. The van der Waals surface area contributed by atoms with E-state index in [9.17, 15) is 0 Å². The molecule has 1 heterocycles. The molecule has 0 radical (unpaired) electrons. The zero-order valence-electron chi connectivity index (χ0n) is 8.96. The van der Waals surface area contributed by atoms with Crippen molar-refractivity contribution in [2.75, 3.05) is 34.2 Å². The van der Waals surface area contributed by atoms with Crippen LogP contribution in [0.5, 0.6) is 0 Å². The maximum Gasteiger partial charge on any atom is 0.0701 e. The van der Waals surface area contributed by atoms with E-state index in [1.54, 1.807) is 0 Å². The molecular weight excluding hydrogens is 260 g/mol. The predicted molar refractivity (Wildman–Crippen MR) is 66.9 cm³/mol. The zero-order chi connectivity index (χ0) is 10.6. The molecule has 0 spiro atoms. The lowest BCUT2D eigenvalue weighted by Gasteiger charge is -2.18. The van der Waals surface area contributed by atoms with Crippen LogP contribution < -0.4 is 0 Å². The highest BCUT2D eigenvalue weighted by atomic mass is 79.9. The number of hydrogen-bond donors (Lipinski definition) is 0. The van der Waals surface area contributed by atoms with Gasteiger partial charge in [0, 0.05) is 24.5 Å². The van der Waals surface area contributed by atoms with E-state index in [0.717, 1.165) is 19.6 Å². The van der Waals surface area contributed by atoms with Gasteiger partial charge in [-0.05, 0) is 49.2 Å². The van der Waals surface area contributed by atoms with Crippen molar-refractivity contribution in [2.24, 2.45) is 0 Å². The Balaban J connectivity index is 2.30. The van der Waals surface area contributed by atoms with Gasteiger partial charge in [-0.25, -0.2) is 0 Å². The molecule has 0 unspecified atom stereocenters. The molecule has 0 fully saturated rings. The summed E-state index contributed by atoms with van der Waals surface area (Å²) >= 11 is 5.29. The fourth-order valence-corrected chi connectivity index (χ4v) is 2.72. The standard InChI is InChI=1S/C10H17BrN2S/c1-12(2)6-7-13(3)8-9-4-5-10(11)14-9/h4-5H,6-8H2,1-3H3. The third-order valence-corrected chi connectivity index (χ3v) is 3.59. The van der Waals surface area contributed by atoms with Crippen LogP contribution in [0.25, 0.3) is 0 Å². The molecule has 0 amide bonds. The second-order valence-electron chi connectivity index (χ2n) is 3.75. The van der Waals surface area contributed by atoms with Crippen molar-refractivity contribution in [3.8, 4) is 0 Å². The van der Waals surface area contributed by atoms with Gasteiger partial charge < -0.3 is 9.80 Å². The highest BCUT2D eigenvalue weighted by Crippen LogP contribution is 2.22. The molecule has 0 aliphatic heterocycles. The molecule has 0 aliphatic carbocycles. The first-order valence-electron chi connectivity index (χ1n) is 4.65. The molecule has 0 atom stereocenters. The van der Waals surface area contributed by atoms with Crippen LogP contribution in [0, 0.1) is 0 Å². The van der Waals surface area contributed by atoms with Gasteiger partial charge in [0.15, 0.2) is 0 Å². The zero-order valence-corrected chi connectivity index (χ0v) is 11.4. The van der Waals surface area contributed by atoms with E-state index in [4.69, 9.17) is 0 Å². The van der Waals surface area contributed by atoms with Gasteiger partial charge in [0.05, 0.1) is 3.79 Å². The van der Waals surface area contributed by atoms with Crippen molar-refractivity contribution in [3.63, 3.8) is 0 Å². The number of hydrogen-bond acceptors (Lipinski definition) is 3. The lowest BCUT2D eigenvalue weighted by molar-refractivity contribution is 0.278. The Bertz CT molecular complexity index is 273. The Morgan fingerprint density at radius 1 is 1.21 bits per heavy atom. The number of nitrogens with zero attached hydrogens (tertiary/aromatic N) is 2. The minimum atomic E-state index is 1.05. The van der Waals surface area contributed by atoms with E-state index >= 15 is 0 Å². The van der Waals surface area contributed by atoms with Crippen LogP contribution >= 0.6 is 27.3 Å². The highest BCUT2D eigenvalue weighted by Gasteiger charge is 2.02. The summed E-state index contributed by atoms with van der Waals surface area (Å²) < 4.78 is 1.22. The van der Waals surface area contributed by atoms with E-state index in [1.807, 2.05) is 11.3 Å². The minimum absolute atomic E-state index is 1.05. The predicted octanol–water partition coefficient (Wildman–Crippen LogP) is 2.50. The first-order valence-corrected chi connectivity index (χ1v) is 6.26. The Morgan fingerprint density at radius 2 is 1.93 bits per heavy atom. The first-order chi connectivity index (χ1) is 6.58. The van der Waals surface area contributed by atoms with Gasteiger partial charge in [-0.2, -0.15) is 0 Å². The van der Waals surface area contributed by atoms with Crippen LogP contribution in [0.2, 0.25) is 0 Å². The van der Waals surface area contributed by atoms with Gasteiger partial charge in [-0.3, -0.25) is 0 Å². The molecule has 80 valence electrons. The Morgan fingerprint density at radius 3 is 2.43 bits per heavy atom. The van der Waals surface area contributed by atoms with Gasteiger partial charge in [0.1, 0.15) is 0 Å². The molecule has 1 rings (SSSR count). The fraction of sp³-hybridized carbons (Fsp3) is 0.600. The average Bonchev–Trinajstić information content (AvgIpc) is 2.48. The first kappa shape index (κ1) is 12.2. The molecule has 0 aromatic carbocycles. The number of thiophene rings is 1. The quantitative estimate of drug-likeness (QED) is 0.816. The summed E-state index contributed by atoms with van der Waals surface area (Å²) in [4.78, 5) is 5.97. The summed E-state index contributed by atoms with van der Waals surface area (Å²) in [5.41, 5.74) is 0. The van der Waals surface area contributed by atoms with E-state index in [0.29, 0.717) is 0 Å². The molecule has 2 nitrogen and oxygen atoms in total. The van der Waals surface area contributed by atoms with E-state index < -0.39 is 0 Å². The van der Waals surface area contributed by atoms with Gasteiger partial charge in [0.25, 0.3) is 0 Å². The van der Waals surface area contributed by atoms with Crippen LogP contribution in [-0.2, 0) is 6.54 Å². The Hall–Kier alpha value is 0.1000.